The largest absolute Gasteiger partial charge is 0.350 e. The summed E-state index contributed by atoms with van der Waals surface area (Å²) >= 11 is 0. The molecule has 1 aromatic heterocycles. The summed E-state index contributed by atoms with van der Waals surface area (Å²) in [5.41, 5.74) is 0.631. The van der Waals surface area contributed by atoms with Crippen LogP contribution in [0.5, 0.6) is 0 Å². The van der Waals surface area contributed by atoms with Crippen LogP contribution in [0.3, 0.4) is 0 Å². The van der Waals surface area contributed by atoms with E-state index in [9.17, 15) is 8.78 Å². The zero-order valence-corrected chi connectivity index (χ0v) is 8.32. The Bertz CT molecular complexity index is 474. The SMILES string of the molecule is Fc1ccc(CNc2ncccn2)cc1F. The highest BCUT2D eigenvalue weighted by Crippen LogP contribution is 2.09. The van der Waals surface area contributed by atoms with Gasteiger partial charge in [0.2, 0.25) is 5.95 Å². The van der Waals surface area contributed by atoms with Crippen LogP contribution in [0.2, 0.25) is 0 Å². The second kappa shape index (κ2) is 4.65. The molecule has 0 fully saturated rings. The van der Waals surface area contributed by atoms with E-state index in [-0.39, 0.29) is 0 Å². The molecule has 0 bridgehead atoms. The molecule has 1 heterocycles. The third-order valence-corrected chi connectivity index (χ3v) is 2.00. The van der Waals surface area contributed by atoms with Crippen molar-refractivity contribution in [1.29, 1.82) is 0 Å². The number of hydrogen-bond acceptors (Lipinski definition) is 3. The number of nitrogens with one attached hydrogen (secondary N) is 1. The van der Waals surface area contributed by atoms with E-state index in [1.807, 2.05) is 0 Å². The quantitative estimate of drug-likeness (QED) is 0.864. The van der Waals surface area contributed by atoms with Crippen molar-refractivity contribution in [2.45, 2.75) is 6.54 Å². The Morgan fingerprint density at radius 2 is 1.81 bits per heavy atom. The maximum atomic E-state index is 12.9. The zero-order valence-electron chi connectivity index (χ0n) is 8.32. The summed E-state index contributed by atoms with van der Waals surface area (Å²) in [7, 11) is 0. The van der Waals surface area contributed by atoms with Crippen LogP contribution < -0.4 is 5.32 Å². The Morgan fingerprint density at radius 3 is 2.50 bits per heavy atom. The van der Waals surface area contributed by atoms with E-state index in [4.69, 9.17) is 0 Å². The normalized spacial score (nSPS) is 10.1. The average Bonchev–Trinajstić information content (AvgIpc) is 2.32. The first-order chi connectivity index (χ1) is 7.75. The van der Waals surface area contributed by atoms with Crippen LogP contribution in [-0.2, 0) is 6.54 Å². The molecule has 2 aromatic rings. The van der Waals surface area contributed by atoms with Gasteiger partial charge in [-0.1, -0.05) is 6.07 Å². The number of rotatable bonds is 3. The summed E-state index contributed by atoms with van der Waals surface area (Å²) in [5, 5.41) is 2.90. The molecule has 0 amide bonds. The number of benzene rings is 1. The van der Waals surface area contributed by atoms with Crippen molar-refractivity contribution in [3.8, 4) is 0 Å². The Labute approximate surface area is 91.2 Å². The Balaban J connectivity index is 2.03. The molecule has 16 heavy (non-hydrogen) atoms. The highest BCUT2D eigenvalue weighted by atomic mass is 19.2. The van der Waals surface area contributed by atoms with Gasteiger partial charge in [-0.2, -0.15) is 0 Å². The van der Waals surface area contributed by atoms with E-state index in [0.29, 0.717) is 18.1 Å². The summed E-state index contributed by atoms with van der Waals surface area (Å²) in [4.78, 5) is 7.89. The lowest BCUT2D eigenvalue weighted by atomic mass is 10.2. The van der Waals surface area contributed by atoms with Gasteiger partial charge >= 0.3 is 0 Å². The number of nitrogens with zero attached hydrogens (tertiary/aromatic N) is 2. The second-order valence-corrected chi connectivity index (χ2v) is 3.17. The maximum absolute atomic E-state index is 12.9. The number of hydrogen-bond donors (Lipinski definition) is 1. The van der Waals surface area contributed by atoms with E-state index in [1.54, 1.807) is 18.5 Å². The molecule has 2 rings (SSSR count). The summed E-state index contributed by atoms with van der Waals surface area (Å²) in [6, 6.07) is 5.45. The predicted octanol–water partition coefficient (Wildman–Crippen LogP) is 2.37. The molecule has 0 unspecified atom stereocenters. The molecule has 1 N–H and O–H groups in total. The van der Waals surface area contributed by atoms with Gasteiger partial charge in [-0.25, -0.2) is 18.7 Å². The summed E-state index contributed by atoms with van der Waals surface area (Å²) in [6.45, 7) is 0.348. The third kappa shape index (κ3) is 2.50. The molecule has 0 aliphatic rings. The molecule has 0 spiro atoms. The van der Waals surface area contributed by atoms with Crippen LogP contribution in [-0.4, -0.2) is 9.97 Å². The first-order valence-corrected chi connectivity index (χ1v) is 4.70. The fourth-order valence-corrected chi connectivity index (χ4v) is 1.22. The monoisotopic (exact) mass is 221 g/mol. The molecule has 0 radical (unpaired) electrons. The van der Waals surface area contributed by atoms with Gasteiger partial charge in [0.1, 0.15) is 0 Å². The van der Waals surface area contributed by atoms with Crippen molar-refractivity contribution in [3.05, 3.63) is 53.9 Å². The Hall–Kier alpha value is -2.04. The van der Waals surface area contributed by atoms with Crippen molar-refractivity contribution in [1.82, 2.24) is 9.97 Å². The standard InChI is InChI=1S/C11H9F2N3/c12-9-3-2-8(6-10(9)13)7-16-11-14-4-1-5-15-11/h1-6H,7H2,(H,14,15,16). The van der Waals surface area contributed by atoms with Crippen molar-refractivity contribution >= 4 is 5.95 Å². The first-order valence-electron chi connectivity index (χ1n) is 4.70. The van der Waals surface area contributed by atoms with Crippen LogP contribution in [0.25, 0.3) is 0 Å². The molecular weight excluding hydrogens is 212 g/mol. The lowest BCUT2D eigenvalue weighted by molar-refractivity contribution is 0.507. The van der Waals surface area contributed by atoms with Gasteiger partial charge in [0.25, 0.3) is 0 Å². The average molecular weight is 221 g/mol. The van der Waals surface area contributed by atoms with Gasteiger partial charge in [-0.05, 0) is 23.8 Å². The minimum atomic E-state index is -0.853. The van der Waals surface area contributed by atoms with Gasteiger partial charge in [-0.3, -0.25) is 0 Å². The summed E-state index contributed by atoms with van der Waals surface area (Å²) in [5.74, 6) is -1.25. The number of anilines is 1. The lowest BCUT2D eigenvalue weighted by Gasteiger charge is -2.04. The van der Waals surface area contributed by atoms with Crippen LogP contribution in [0, 0.1) is 11.6 Å². The van der Waals surface area contributed by atoms with E-state index < -0.39 is 11.6 Å². The molecule has 0 saturated carbocycles. The first kappa shape index (κ1) is 10.5. The summed E-state index contributed by atoms with van der Waals surface area (Å²) in [6.07, 6.45) is 3.20. The van der Waals surface area contributed by atoms with E-state index in [2.05, 4.69) is 15.3 Å². The van der Waals surface area contributed by atoms with Crippen molar-refractivity contribution in [2.24, 2.45) is 0 Å². The van der Waals surface area contributed by atoms with E-state index in [0.717, 1.165) is 12.1 Å². The molecule has 5 heteroatoms. The van der Waals surface area contributed by atoms with Crippen LogP contribution in [0.4, 0.5) is 14.7 Å². The molecule has 0 saturated heterocycles. The minimum Gasteiger partial charge on any atom is -0.350 e. The van der Waals surface area contributed by atoms with Gasteiger partial charge in [0.15, 0.2) is 11.6 Å². The van der Waals surface area contributed by atoms with Crippen molar-refractivity contribution in [2.75, 3.05) is 5.32 Å². The second-order valence-electron chi connectivity index (χ2n) is 3.17. The fraction of sp³-hybridized carbons (Fsp3) is 0.0909. The van der Waals surface area contributed by atoms with Crippen molar-refractivity contribution < 1.29 is 8.78 Å². The maximum Gasteiger partial charge on any atom is 0.222 e. The number of aromatic nitrogens is 2. The number of halogens is 2. The lowest BCUT2D eigenvalue weighted by Crippen LogP contribution is -2.03. The molecular formula is C11H9F2N3. The molecule has 3 nitrogen and oxygen atoms in total. The Morgan fingerprint density at radius 1 is 1.06 bits per heavy atom. The smallest absolute Gasteiger partial charge is 0.222 e. The minimum absolute atomic E-state index is 0.348. The third-order valence-electron chi connectivity index (χ3n) is 2.00. The highest BCUT2D eigenvalue weighted by Gasteiger charge is 2.02. The predicted molar refractivity (Wildman–Crippen MR) is 55.7 cm³/mol. The van der Waals surface area contributed by atoms with Crippen molar-refractivity contribution in [3.63, 3.8) is 0 Å². The van der Waals surface area contributed by atoms with Crippen LogP contribution in [0.15, 0.2) is 36.7 Å². The summed E-state index contributed by atoms with van der Waals surface area (Å²) < 4.78 is 25.5. The Kier molecular flexibility index (Phi) is 3.05. The topological polar surface area (TPSA) is 37.8 Å². The highest BCUT2D eigenvalue weighted by molar-refractivity contribution is 5.27. The van der Waals surface area contributed by atoms with E-state index in [1.165, 1.54) is 6.07 Å². The molecule has 1 aromatic carbocycles. The zero-order chi connectivity index (χ0) is 11.4. The van der Waals surface area contributed by atoms with Gasteiger partial charge in [0, 0.05) is 18.9 Å². The van der Waals surface area contributed by atoms with Crippen LogP contribution >= 0.6 is 0 Å². The van der Waals surface area contributed by atoms with Crippen LogP contribution in [0.1, 0.15) is 5.56 Å². The molecule has 0 atom stereocenters. The molecule has 0 aliphatic heterocycles. The molecule has 0 aliphatic carbocycles. The fourth-order valence-electron chi connectivity index (χ4n) is 1.22. The van der Waals surface area contributed by atoms with Gasteiger partial charge in [0.05, 0.1) is 0 Å². The van der Waals surface area contributed by atoms with Gasteiger partial charge in [-0.15, -0.1) is 0 Å². The van der Waals surface area contributed by atoms with Gasteiger partial charge < -0.3 is 5.32 Å². The van der Waals surface area contributed by atoms with E-state index >= 15 is 0 Å². The molecule has 82 valence electrons.